The van der Waals surface area contributed by atoms with Gasteiger partial charge in [0.2, 0.25) is 0 Å². The van der Waals surface area contributed by atoms with E-state index in [2.05, 4.69) is 0 Å². The molecule has 0 bridgehead atoms. The van der Waals surface area contributed by atoms with Crippen LogP contribution in [0.4, 0.5) is 22.0 Å². The van der Waals surface area contributed by atoms with Crippen molar-refractivity contribution in [2.75, 3.05) is 0 Å². The van der Waals surface area contributed by atoms with Gasteiger partial charge in [-0.3, -0.25) is 4.79 Å². The molecule has 22 heavy (non-hydrogen) atoms. The van der Waals surface area contributed by atoms with E-state index in [0.717, 1.165) is 6.07 Å². The lowest BCUT2D eigenvalue weighted by Crippen LogP contribution is -2.39. The molecule has 2 aromatic rings. The minimum absolute atomic E-state index is 0.0477. The van der Waals surface area contributed by atoms with E-state index < -0.39 is 35.3 Å². The highest BCUT2D eigenvalue weighted by atomic mass is 19.4. The van der Waals surface area contributed by atoms with Crippen molar-refractivity contribution in [3.05, 3.63) is 71.3 Å². The molecule has 0 aromatic heterocycles. The van der Waals surface area contributed by atoms with Crippen molar-refractivity contribution in [2.45, 2.75) is 12.2 Å². The molecule has 0 spiro atoms. The number of nitrogens with one attached hydrogen (secondary N) is 1. The molecule has 0 aliphatic carbocycles. The monoisotopic (exact) mass is 315 g/mol. The average molecular weight is 315 g/mol. The van der Waals surface area contributed by atoms with Gasteiger partial charge in [-0.15, -0.1) is 0 Å². The number of benzene rings is 2. The Morgan fingerprint density at radius 3 is 1.95 bits per heavy atom. The molecule has 0 aliphatic heterocycles. The molecule has 1 N–H and O–H groups in total. The highest BCUT2D eigenvalue weighted by Gasteiger charge is 2.44. The van der Waals surface area contributed by atoms with Crippen molar-refractivity contribution in [1.29, 1.82) is 0 Å². The summed E-state index contributed by atoms with van der Waals surface area (Å²) in [5, 5.41) is 1.63. The van der Waals surface area contributed by atoms with Crippen molar-refractivity contribution in [2.24, 2.45) is 0 Å². The van der Waals surface area contributed by atoms with Gasteiger partial charge >= 0.3 is 6.18 Å². The fraction of sp³-hybridized carbons (Fsp3) is 0.133. The molecule has 1 atom stereocenters. The number of alkyl halides is 3. The first kappa shape index (κ1) is 15.9. The van der Waals surface area contributed by atoms with Crippen LogP contribution >= 0.6 is 0 Å². The molecule has 0 fully saturated rings. The summed E-state index contributed by atoms with van der Waals surface area (Å²) in [5.41, 5.74) is -1.28. The first-order chi connectivity index (χ1) is 10.3. The van der Waals surface area contributed by atoms with Gasteiger partial charge in [0.15, 0.2) is 6.04 Å². The summed E-state index contributed by atoms with van der Waals surface area (Å²) < 4.78 is 66.5. The van der Waals surface area contributed by atoms with Crippen molar-refractivity contribution in [3.8, 4) is 0 Å². The van der Waals surface area contributed by atoms with Crippen LogP contribution in [0, 0.1) is 11.6 Å². The molecule has 0 heterocycles. The Morgan fingerprint density at radius 1 is 0.909 bits per heavy atom. The number of carbonyl (C=O) groups excluding carboxylic acids is 1. The summed E-state index contributed by atoms with van der Waals surface area (Å²) in [6.45, 7) is 0. The molecule has 0 saturated carbocycles. The van der Waals surface area contributed by atoms with Crippen LogP contribution in [0.1, 0.15) is 22.0 Å². The Morgan fingerprint density at radius 2 is 1.45 bits per heavy atom. The summed E-state index contributed by atoms with van der Waals surface area (Å²) in [6, 6.07) is 6.65. The molecule has 7 heteroatoms. The van der Waals surface area contributed by atoms with Gasteiger partial charge in [0.05, 0.1) is 5.56 Å². The predicted molar refractivity (Wildman–Crippen MR) is 69.1 cm³/mol. The molecule has 0 saturated heterocycles. The lowest BCUT2D eigenvalue weighted by atomic mass is 10.0. The minimum Gasteiger partial charge on any atom is -0.337 e. The molecule has 1 unspecified atom stereocenters. The van der Waals surface area contributed by atoms with E-state index in [4.69, 9.17) is 0 Å². The van der Waals surface area contributed by atoms with Crippen molar-refractivity contribution < 1.29 is 26.7 Å². The van der Waals surface area contributed by atoms with Gasteiger partial charge in [-0.1, -0.05) is 24.3 Å². The molecular weight excluding hydrogens is 305 g/mol. The van der Waals surface area contributed by atoms with Crippen LogP contribution in [0.15, 0.2) is 48.5 Å². The fourth-order valence-corrected chi connectivity index (χ4v) is 1.91. The zero-order valence-corrected chi connectivity index (χ0v) is 11.0. The van der Waals surface area contributed by atoms with Crippen molar-refractivity contribution >= 4 is 5.91 Å². The first-order valence-electron chi connectivity index (χ1n) is 6.17. The van der Waals surface area contributed by atoms with Gasteiger partial charge in [-0.25, -0.2) is 8.78 Å². The topological polar surface area (TPSA) is 29.1 Å². The zero-order valence-electron chi connectivity index (χ0n) is 11.0. The van der Waals surface area contributed by atoms with Crippen LogP contribution in [0.2, 0.25) is 0 Å². The maximum atomic E-state index is 13.6. The second kappa shape index (κ2) is 6.13. The normalized spacial score (nSPS) is 12.8. The van der Waals surface area contributed by atoms with Crippen molar-refractivity contribution in [1.82, 2.24) is 5.32 Å². The maximum absolute atomic E-state index is 13.6. The second-order valence-corrected chi connectivity index (χ2v) is 4.45. The average Bonchev–Trinajstić information content (AvgIpc) is 2.45. The summed E-state index contributed by atoms with van der Waals surface area (Å²) in [6.07, 6.45) is -5.05. The number of carbonyl (C=O) groups is 1. The summed E-state index contributed by atoms with van der Waals surface area (Å²) in [5.74, 6) is -3.84. The predicted octanol–water partition coefficient (Wildman–Crippen LogP) is 4.00. The first-order valence-corrected chi connectivity index (χ1v) is 6.17. The second-order valence-electron chi connectivity index (χ2n) is 4.45. The van der Waals surface area contributed by atoms with Crippen LogP contribution in [-0.2, 0) is 0 Å². The lowest BCUT2D eigenvalue weighted by Gasteiger charge is -2.23. The Bertz CT molecular complexity index is 649. The Hall–Kier alpha value is -2.44. The molecular formula is C15H10F5NO. The smallest absolute Gasteiger partial charge is 0.337 e. The molecule has 0 aliphatic rings. The molecule has 116 valence electrons. The number of halogens is 5. The van der Waals surface area contributed by atoms with E-state index in [9.17, 15) is 26.7 Å². The summed E-state index contributed by atoms with van der Waals surface area (Å²) in [7, 11) is 0. The Balaban J connectivity index is 2.39. The highest BCUT2D eigenvalue weighted by Crippen LogP contribution is 2.35. The maximum Gasteiger partial charge on any atom is 0.413 e. The number of amides is 1. The molecule has 2 nitrogen and oxygen atoms in total. The number of rotatable bonds is 3. The third kappa shape index (κ3) is 3.41. The Labute approximate surface area is 122 Å². The SMILES string of the molecule is O=C(NC(c1c(F)cccc1F)C(F)(F)F)c1ccccc1. The van der Waals surface area contributed by atoms with Crippen molar-refractivity contribution in [3.63, 3.8) is 0 Å². The quantitative estimate of drug-likeness (QED) is 0.852. The summed E-state index contributed by atoms with van der Waals surface area (Å²) in [4.78, 5) is 11.8. The molecule has 0 radical (unpaired) electrons. The third-order valence-electron chi connectivity index (χ3n) is 2.93. The lowest BCUT2D eigenvalue weighted by molar-refractivity contribution is -0.156. The van der Waals surface area contributed by atoms with E-state index in [1.807, 2.05) is 0 Å². The zero-order chi connectivity index (χ0) is 16.3. The van der Waals surface area contributed by atoms with Gasteiger partial charge in [0.1, 0.15) is 11.6 Å². The van der Waals surface area contributed by atoms with Crippen LogP contribution < -0.4 is 5.32 Å². The Kier molecular flexibility index (Phi) is 4.44. The van der Waals surface area contributed by atoms with E-state index in [0.29, 0.717) is 12.1 Å². The van der Waals surface area contributed by atoms with E-state index in [-0.39, 0.29) is 5.56 Å². The van der Waals surface area contributed by atoms with Crippen LogP contribution in [0.3, 0.4) is 0 Å². The molecule has 2 aromatic carbocycles. The largest absolute Gasteiger partial charge is 0.413 e. The minimum atomic E-state index is -5.05. The number of hydrogen-bond donors (Lipinski definition) is 1. The number of hydrogen-bond acceptors (Lipinski definition) is 1. The summed E-state index contributed by atoms with van der Waals surface area (Å²) >= 11 is 0. The van der Waals surface area contributed by atoms with Crippen LogP contribution in [0.25, 0.3) is 0 Å². The van der Waals surface area contributed by atoms with E-state index >= 15 is 0 Å². The van der Waals surface area contributed by atoms with Gasteiger partial charge in [0.25, 0.3) is 5.91 Å². The third-order valence-corrected chi connectivity index (χ3v) is 2.93. The van der Waals surface area contributed by atoms with Gasteiger partial charge in [0, 0.05) is 5.56 Å². The standard InChI is InChI=1S/C15H10F5NO/c16-10-7-4-8-11(17)12(10)13(15(18,19)20)21-14(22)9-5-2-1-3-6-9/h1-8,13H,(H,21,22). The van der Waals surface area contributed by atoms with Crippen LogP contribution in [-0.4, -0.2) is 12.1 Å². The molecule has 2 rings (SSSR count). The van der Waals surface area contributed by atoms with Gasteiger partial charge in [-0.05, 0) is 24.3 Å². The fourth-order valence-electron chi connectivity index (χ4n) is 1.91. The van der Waals surface area contributed by atoms with Gasteiger partial charge in [-0.2, -0.15) is 13.2 Å². The van der Waals surface area contributed by atoms with E-state index in [1.165, 1.54) is 24.3 Å². The molecule has 1 amide bonds. The van der Waals surface area contributed by atoms with Crippen LogP contribution in [0.5, 0.6) is 0 Å². The van der Waals surface area contributed by atoms with E-state index in [1.54, 1.807) is 11.4 Å². The highest BCUT2D eigenvalue weighted by molar-refractivity contribution is 5.94. The van der Waals surface area contributed by atoms with Gasteiger partial charge < -0.3 is 5.32 Å².